The van der Waals surface area contributed by atoms with Gasteiger partial charge in [-0.05, 0) is 28.8 Å². The fourth-order valence-electron chi connectivity index (χ4n) is 2.24. The zero-order valence-corrected chi connectivity index (χ0v) is 11.3. The molecule has 0 saturated heterocycles. The van der Waals surface area contributed by atoms with Gasteiger partial charge in [-0.1, -0.05) is 0 Å². The van der Waals surface area contributed by atoms with Gasteiger partial charge in [0.15, 0.2) is 0 Å². The Kier molecular flexibility index (Phi) is 3.61. The third-order valence-electron chi connectivity index (χ3n) is 3.34. The number of rotatable bonds is 4. The lowest BCUT2D eigenvalue weighted by molar-refractivity contribution is -0.123. The Morgan fingerprint density at radius 1 is 1.58 bits per heavy atom. The number of carbonyl (C=O) groups excluding carboxylic acids is 1. The maximum atomic E-state index is 12.0. The molecule has 0 aliphatic carbocycles. The summed E-state index contributed by atoms with van der Waals surface area (Å²) in [4.78, 5) is 19.4. The summed E-state index contributed by atoms with van der Waals surface area (Å²) in [7, 11) is 0. The van der Waals surface area contributed by atoms with Gasteiger partial charge in [-0.2, -0.15) is 11.3 Å². The molecule has 2 aromatic rings. The van der Waals surface area contributed by atoms with Crippen LogP contribution < -0.4 is 10.6 Å². The standard InChI is InChI=1S/C13H16N4OS/c18-13(14-3-1-9-2-4-19-7-9)11-5-10-12(6-15-11)17-8-16-10/h2,4,7-8,11,15H,1,3,5-6H2,(H,14,18)(H,16,17). The maximum Gasteiger partial charge on any atom is 0.237 e. The average Bonchev–Trinajstić information content (AvgIpc) is 3.08. The number of nitrogens with zero attached hydrogens (tertiary/aromatic N) is 1. The van der Waals surface area contributed by atoms with Crippen LogP contribution in [-0.2, 0) is 24.2 Å². The molecule has 1 unspecified atom stereocenters. The van der Waals surface area contributed by atoms with Gasteiger partial charge in [0.05, 0.1) is 23.8 Å². The number of imidazole rings is 1. The molecule has 3 rings (SSSR count). The van der Waals surface area contributed by atoms with E-state index in [0.29, 0.717) is 19.5 Å². The topological polar surface area (TPSA) is 69.8 Å². The number of thiophene rings is 1. The van der Waals surface area contributed by atoms with Crippen molar-refractivity contribution in [2.45, 2.75) is 25.4 Å². The van der Waals surface area contributed by atoms with Crippen molar-refractivity contribution in [3.63, 3.8) is 0 Å². The van der Waals surface area contributed by atoms with Gasteiger partial charge < -0.3 is 10.3 Å². The minimum absolute atomic E-state index is 0.0591. The zero-order chi connectivity index (χ0) is 13.1. The van der Waals surface area contributed by atoms with Crippen molar-refractivity contribution in [1.82, 2.24) is 20.6 Å². The Hall–Kier alpha value is -1.66. The molecule has 0 spiro atoms. The first-order valence-electron chi connectivity index (χ1n) is 6.36. The fourth-order valence-corrected chi connectivity index (χ4v) is 2.95. The van der Waals surface area contributed by atoms with Crippen molar-refractivity contribution >= 4 is 17.2 Å². The molecule has 1 amide bonds. The molecule has 5 nitrogen and oxygen atoms in total. The molecule has 100 valence electrons. The van der Waals surface area contributed by atoms with E-state index >= 15 is 0 Å². The monoisotopic (exact) mass is 276 g/mol. The number of aromatic amines is 1. The van der Waals surface area contributed by atoms with E-state index in [9.17, 15) is 4.79 Å². The predicted molar refractivity (Wildman–Crippen MR) is 74.0 cm³/mol. The molecular formula is C13H16N4OS. The quantitative estimate of drug-likeness (QED) is 0.775. The van der Waals surface area contributed by atoms with Gasteiger partial charge in [-0.3, -0.25) is 10.1 Å². The molecule has 0 bridgehead atoms. The molecule has 3 heterocycles. The molecule has 6 heteroatoms. The molecule has 1 aliphatic heterocycles. The van der Waals surface area contributed by atoms with Gasteiger partial charge in [-0.15, -0.1) is 0 Å². The highest BCUT2D eigenvalue weighted by Crippen LogP contribution is 2.12. The zero-order valence-electron chi connectivity index (χ0n) is 10.5. The third-order valence-corrected chi connectivity index (χ3v) is 4.07. The van der Waals surface area contributed by atoms with Crippen LogP contribution in [0.3, 0.4) is 0 Å². The van der Waals surface area contributed by atoms with E-state index in [1.165, 1.54) is 5.56 Å². The van der Waals surface area contributed by atoms with Crippen LogP contribution in [0.5, 0.6) is 0 Å². The predicted octanol–water partition coefficient (Wildman–Crippen LogP) is 0.844. The van der Waals surface area contributed by atoms with E-state index in [-0.39, 0.29) is 11.9 Å². The molecule has 1 aliphatic rings. The van der Waals surface area contributed by atoms with E-state index in [0.717, 1.165) is 17.8 Å². The fraction of sp³-hybridized carbons (Fsp3) is 0.385. The summed E-state index contributed by atoms with van der Waals surface area (Å²) in [6.45, 7) is 1.36. The van der Waals surface area contributed by atoms with Crippen molar-refractivity contribution in [3.8, 4) is 0 Å². The molecule has 2 aromatic heterocycles. The highest BCUT2D eigenvalue weighted by atomic mass is 32.1. The molecule has 1 atom stereocenters. The molecule has 0 saturated carbocycles. The summed E-state index contributed by atoms with van der Waals surface area (Å²) in [5, 5.41) is 10.4. The molecular weight excluding hydrogens is 260 g/mol. The highest BCUT2D eigenvalue weighted by molar-refractivity contribution is 7.07. The Morgan fingerprint density at radius 2 is 2.53 bits per heavy atom. The normalized spacial score (nSPS) is 18.0. The van der Waals surface area contributed by atoms with Crippen LogP contribution in [0.15, 0.2) is 23.2 Å². The number of fused-ring (bicyclic) bond motifs is 1. The summed E-state index contributed by atoms with van der Waals surface area (Å²) in [6.07, 6.45) is 3.22. The van der Waals surface area contributed by atoms with Gasteiger partial charge in [0, 0.05) is 19.5 Å². The van der Waals surface area contributed by atoms with Gasteiger partial charge in [0.25, 0.3) is 0 Å². The van der Waals surface area contributed by atoms with Crippen LogP contribution in [0, 0.1) is 0 Å². The lowest BCUT2D eigenvalue weighted by Crippen LogP contribution is -2.48. The van der Waals surface area contributed by atoms with Crippen LogP contribution >= 0.6 is 11.3 Å². The number of H-pyrrole nitrogens is 1. The Bertz CT molecular complexity index is 549. The number of nitrogens with one attached hydrogen (secondary N) is 3. The molecule has 3 N–H and O–H groups in total. The minimum Gasteiger partial charge on any atom is -0.354 e. The second kappa shape index (κ2) is 5.54. The number of amides is 1. The van der Waals surface area contributed by atoms with Crippen molar-refractivity contribution in [2.75, 3.05) is 6.54 Å². The lowest BCUT2D eigenvalue weighted by atomic mass is 10.0. The first kappa shape index (κ1) is 12.4. The van der Waals surface area contributed by atoms with Crippen LogP contribution in [-0.4, -0.2) is 28.5 Å². The number of hydrogen-bond donors (Lipinski definition) is 3. The highest BCUT2D eigenvalue weighted by Gasteiger charge is 2.25. The summed E-state index contributed by atoms with van der Waals surface area (Å²) in [5.74, 6) is 0.0591. The first-order chi connectivity index (χ1) is 9.33. The number of hydrogen-bond acceptors (Lipinski definition) is 4. The van der Waals surface area contributed by atoms with Crippen molar-refractivity contribution in [2.24, 2.45) is 0 Å². The SMILES string of the molecule is O=C(NCCc1ccsc1)C1Cc2nc[nH]c2CN1. The molecule has 19 heavy (non-hydrogen) atoms. The Balaban J connectivity index is 1.49. The van der Waals surface area contributed by atoms with E-state index in [1.807, 2.05) is 0 Å². The lowest BCUT2D eigenvalue weighted by Gasteiger charge is -2.22. The second-order valence-corrected chi connectivity index (χ2v) is 5.42. The van der Waals surface area contributed by atoms with Crippen LogP contribution in [0.25, 0.3) is 0 Å². The number of aromatic nitrogens is 2. The van der Waals surface area contributed by atoms with E-state index in [4.69, 9.17) is 0 Å². The van der Waals surface area contributed by atoms with Crippen molar-refractivity contribution in [1.29, 1.82) is 0 Å². The van der Waals surface area contributed by atoms with E-state index in [2.05, 4.69) is 37.4 Å². The van der Waals surface area contributed by atoms with Crippen molar-refractivity contribution < 1.29 is 4.79 Å². The van der Waals surface area contributed by atoms with Crippen LogP contribution in [0.1, 0.15) is 17.0 Å². The molecule has 0 aromatic carbocycles. The van der Waals surface area contributed by atoms with Gasteiger partial charge in [0.2, 0.25) is 5.91 Å². The minimum atomic E-state index is -0.168. The smallest absolute Gasteiger partial charge is 0.237 e. The maximum absolute atomic E-state index is 12.0. The van der Waals surface area contributed by atoms with Gasteiger partial charge >= 0.3 is 0 Å². The summed E-state index contributed by atoms with van der Waals surface area (Å²) in [6, 6.07) is 1.92. The largest absolute Gasteiger partial charge is 0.354 e. The second-order valence-electron chi connectivity index (χ2n) is 4.64. The average molecular weight is 276 g/mol. The summed E-state index contributed by atoms with van der Waals surface area (Å²) >= 11 is 1.68. The number of carbonyl (C=O) groups is 1. The van der Waals surface area contributed by atoms with Crippen LogP contribution in [0.4, 0.5) is 0 Å². The Morgan fingerprint density at radius 3 is 3.37 bits per heavy atom. The molecule has 0 radical (unpaired) electrons. The van der Waals surface area contributed by atoms with Gasteiger partial charge in [0.1, 0.15) is 0 Å². The first-order valence-corrected chi connectivity index (χ1v) is 7.30. The summed E-state index contributed by atoms with van der Waals surface area (Å²) < 4.78 is 0. The summed E-state index contributed by atoms with van der Waals surface area (Å²) in [5.41, 5.74) is 3.36. The molecule has 0 fully saturated rings. The third kappa shape index (κ3) is 2.85. The van der Waals surface area contributed by atoms with Crippen molar-refractivity contribution in [3.05, 3.63) is 40.1 Å². The van der Waals surface area contributed by atoms with E-state index < -0.39 is 0 Å². The van der Waals surface area contributed by atoms with E-state index in [1.54, 1.807) is 17.7 Å². The Labute approximate surface area is 115 Å². The van der Waals surface area contributed by atoms with Gasteiger partial charge in [-0.25, -0.2) is 4.98 Å². The van der Waals surface area contributed by atoms with Crippen LogP contribution in [0.2, 0.25) is 0 Å².